The molecule has 1 saturated carbocycles. The van der Waals surface area contributed by atoms with Crippen LogP contribution in [-0.4, -0.2) is 0 Å². The van der Waals surface area contributed by atoms with Gasteiger partial charge in [-0.05, 0) is 24.1 Å². The molecule has 1 fully saturated rings. The number of rotatable bonds is 3. The predicted molar refractivity (Wildman–Crippen MR) is 86.0 cm³/mol. The Morgan fingerprint density at radius 3 is 2.61 bits per heavy atom. The molecule has 2 heterocycles. The molecule has 0 bridgehead atoms. The molecule has 3 unspecified atom stereocenters. The van der Waals surface area contributed by atoms with Crippen LogP contribution in [0.2, 0.25) is 0 Å². The zero-order valence-corrected chi connectivity index (χ0v) is 13.9. The molecule has 1 aromatic carbocycles. The summed E-state index contributed by atoms with van der Waals surface area (Å²) in [4.78, 5) is 0. The number of fused-ring (bicyclic) bond motifs is 6. The van der Waals surface area contributed by atoms with Gasteiger partial charge < -0.3 is 0 Å². The van der Waals surface area contributed by atoms with Gasteiger partial charge in [-0.1, -0.05) is 44.9 Å². The first-order chi connectivity index (χ1) is 11.0. The summed E-state index contributed by atoms with van der Waals surface area (Å²) in [5.41, 5.74) is 1.96. The highest BCUT2D eigenvalue weighted by Crippen LogP contribution is 2.70. The van der Waals surface area contributed by atoms with Gasteiger partial charge in [0.1, 0.15) is 0 Å². The van der Waals surface area contributed by atoms with Gasteiger partial charge in [-0.3, -0.25) is 0 Å². The molecular formula is C20H22F2N+. The highest BCUT2D eigenvalue weighted by molar-refractivity contribution is 5.68. The number of aromatic nitrogens is 1. The van der Waals surface area contributed by atoms with Crippen molar-refractivity contribution in [1.29, 1.82) is 0 Å². The highest BCUT2D eigenvalue weighted by atomic mass is 19.1. The van der Waals surface area contributed by atoms with Crippen molar-refractivity contribution < 1.29 is 13.3 Å². The molecule has 23 heavy (non-hydrogen) atoms. The summed E-state index contributed by atoms with van der Waals surface area (Å²) < 4.78 is 31.0. The van der Waals surface area contributed by atoms with Gasteiger partial charge >= 0.3 is 5.95 Å². The van der Waals surface area contributed by atoms with E-state index in [0.29, 0.717) is 5.69 Å². The van der Waals surface area contributed by atoms with E-state index < -0.39 is 5.54 Å². The first kappa shape index (κ1) is 14.8. The lowest BCUT2D eigenvalue weighted by atomic mass is 9.79. The molecule has 3 heteroatoms. The molecule has 0 amide bonds. The van der Waals surface area contributed by atoms with Crippen molar-refractivity contribution in [3.05, 3.63) is 53.7 Å². The van der Waals surface area contributed by atoms with Gasteiger partial charge in [0.2, 0.25) is 0 Å². The second kappa shape index (κ2) is 4.62. The van der Waals surface area contributed by atoms with Gasteiger partial charge in [0.15, 0.2) is 11.4 Å². The minimum Gasteiger partial charge on any atom is -0.200 e. The van der Waals surface area contributed by atoms with E-state index in [9.17, 15) is 8.78 Å². The molecule has 3 atom stereocenters. The Labute approximate surface area is 136 Å². The first-order valence-electron chi connectivity index (χ1n) is 8.50. The van der Waals surface area contributed by atoms with Crippen LogP contribution in [0.3, 0.4) is 0 Å². The SMILES string of the molecule is CCCCC12c3ccccc3-c3c(F)ccc(F)[n+]3C1(C)C2C. The summed E-state index contributed by atoms with van der Waals surface area (Å²) in [5, 5.41) is 0. The summed E-state index contributed by atoms with van der Waals surface area (Å²) in [7, 11) is 0. The maximum Gasteiger partial charge on any atom is 0.360 e. The Morgan fingerprint density at radius 1 is 1.13 bits per heavy atom. The summed E-state index contributed by atoms with van der Waals surface area (Å²) in [6, 6.07) is 10.5. The summed E-state index contributed by atoms with van der Waals surface area (Å²) in [6.45, 7) is 6.45. The van der Waals surface area contributed by atoms with E-state index in [1.807, 2.05) is 18.2 Å². The standard InChI is InChI=1S/C20H22F2N/c1-4-5-12-20-13(2)19(20,3)23-17(22)11-10-16(21)18(23)14-8-6-7-9-15(14)20/h6-11,13H,4-5,12H2,1-3H3/q+1. The van der Waals surface area contributed by atoms with Crippen LogP contribution in [0.4, 0.5) is 8.78 Å². The molecule has 1 nitrogen and oxygen atoms in total. The Hall–Kier alpha value is -1.77. The molecule has 0 radical (unpaired) electrons. The number of hydrogen-bond acceptors (Lipinski definition) is 0. The number of hydrogen-bond donors (Lipinski definition) is 0. The summed E-state index contributed by atoms with van der Waals surface area (Å²) in [5.74, 6) is -0.405. The lowest BCUT2D eigenvalue weighted by Crippen LogP contribution is -2.57. The second-order valence-electron chi connectivity index (χ2n) is 7.18. The van der Waals surface area contributed by atoms with Crippen LogP contribution in [0.1, 0.15) is 45.6 Å². The second-order valence-corrected chi connectivity index (χ2v) is 7.18. The molecule has 0 saturated heterocycles. The van der Waals surface area contributed by atoms with Gasteiger partial charge in [0, 0.05) is 18.9 Å². The van der Waals surface area contributed by atoms with Crippen LogP contribution in [-0.2, 0) is 11.0 Å². The smallest absolute Gasteiger partial charge is 0.200 e. The topological polar surface area (TPSA) is 3.88 Å². The zero-order chi connectivity index (χ0) is 16.4. The minimum absolute atomic E-state index is 0.0914. The van der Waals surface area contributed by atoms with Crippen molar-refractivity contribution in [3.63, 3.8) is 0 Å². The monoisotopic (exact) mass is 314 g/mol. The quantitative estimate of drug-likeness (QED) is 0.570. The Bertz CT molecular complexity index is 800. The van der Waals surface area contributed by atoms with E-state index in [-0.39, 0.29) is 23.1 Å². The van der Waals surface area contributed by atoms with E-state index in [2.05, 4.69) is 26.8 Å². The Balaban J connectivity index is 2.07. The van der Waals surface area contributed by atoms with E-state index in [1.165, 1.54) is 17.7 Å². The maximum atomic E-state index is 14.7. The van der Waals surface area contributed by atoms with Crippen molar-refractivity contribution in [2.75, 3.05) is 0 Å². The fraction of sp³-hybridized carbons (Fsp3) is 0.450. The Kier molecular flexibility index (Phi) is 2.97. The van der Waals surface area contributed by atoms with E-state index in [1.54, 1.807) is 4.57 Å². The van der Waals surface area contributed by atoms with Crippen molar-refractivity contribution in [2.24, 2.45) is 5.92 Å². The van der Waals surface area contributed by atoms with Gasteiger partial charge in [0.05, 0.1) is 11.0 Å². The number of unbranched alkanes of at least 4 members (excludes halogenated alkanes) is 1. The van der Waals surface area contributed by atoms with Crippen LogP contribution < -0.4 is 4.57 Å². The number of pyridine rings is 1. The van der Waals surface area contributed by atoms with Crippen LogP contribution in [0.15, 0.2) is 36.4 Å². The molecule has 2 aliphatic rings. The predicted octanol–water partition coefficient (Wildman–Crippen LogP) is 4.73. The van der Waals surface area contributed by atoms with Gasteiger partial charge in [0.25, 0.3) is 5.69 Å². The van der Waals surface area contributed by atoms with Crippen molar-refractivity contribution in [2.45, 2.75) is 51.0 Å². The first-order valence-corrected chi connectivity index (χ1v) is 8.50. The van der Waals surface area contributed by atoms with Gasteiger partial charge in [-0.25, -0.2) is 0 Å². The van der Waals surface area contributed by atoms with E-state index in [4.69, 9.17) is 0 Å². The normalized spacial score (nSPS) is 30.4. The Morgan fingerprint density at radius 2 is 1.87 bits per heavy atom. The highest BCUT2D eigenvalue weighted by Gasteiger charge is 2.82. The van der Waals surface area contributed by atoms with Crippen LogP contribution in [0.25, 0.3) is 11.3 Å². The molecular weight excluding hydrogens is 292 g/mol. The van der Waals surface area contributed by atoms with Crippen molar-refractivity contribution in [3.8, 4) is 11.3 Å². The minimum atomic E-state index is -0.391. The number of halogens is 2. The lowest BCUT2D eigenvalue weighted by Gasteiger charge is -2.28. The fourth-order valence-corrected chi connectivity index (χ4v) is 5.16. The van der Waals surface area contributed by atoms with Crippen LogP contribution >= 0.6 is 0 Å². The molecule has 1 aromatic heterocycles. The molecule has 0 spiro atoms. The zero-order valence-electron chi connectivity index (χ0n) is 13.9. The molecule has 0 N–H and O–H groups in total. The third-order valence-corrected chi connectivity index (χ3v) is 6.48. The third kappa shape index (κ3) is 1.53. The number of benzene rings is 1. The number of nitrogens with zero attached hydrogens (tertiary/aromatic N) is 1. The molecule has 1 aliphatic heterocycles. The molecule has 4 rings (SSSR count). The van der Waals surface area contributed by atoms with Crippen LogP contribution in [0.5, 0.6) is 0 Å². The fourth-order valence-electron chi connectivity index (χ4n) is 5.16. The van der Waals surface area contributed by atoms with Crippen molar-refractivity contribution >= 4 is 0 Å². The van der Waals surface area contributed by atoms with Gasteiger partial charge in [-0.15, -0.1) is 4.39 Å². The van der Waals surface area contributed by atoms with E-state index >= 15 is 0 Å². The largest absolute Gasteiger partial charge is 0.360 e. The van der Waals surface area contributed by atoms with Crippen LogP contribution in [0, 0.1) is 17.7 Å². The molecule has 2 aromatic rings. The van der Waals surface area contributed by atoms with Gasteiger partial charge in [-0.2, -0.15) is 8.96 Å². The molecule has 1 aliphatic carbocycles. The lowest BCUT2D eigenvalue weighted by molar-refractivity contribution is -0.760. The summed E-state index contributed by atoms with van der Waals surface area (Å²) in [6.07, 6.45) is 3.22. The molecule has 120 valence electrons. The average Bonchev–Trinajstić information content (AvgIpc) is 3.05. The van der Waals surface area contributed by atoms with Crippen molar-refractivity contribution in [1.82, 2.24) is 0 Å². The van der Waals surface area contributed by atoms with E-state index in [0.717, 1.165) is 24.8 Å². The average molecular weight is 314 g/mol. The maximum absolute atomic E-state index is 14.7. The third-order valence-electron chi connectivity index (χ3n) is 6.48. The summed E-state index contributed by atoms with van der Waals surface area (Å²) >= 11 is 0.